The van der Waals surface area contributed by atoms with E-state index in [4.69, 9.17) is 4.74 Å². The smallest absolute Gasteiger partial charge is 0.335 e. The van der Waals surface area contributed by atoms with E-state index in [9.17, 15) is 20.1 Å². The number of hydrogen-bond acceptors (Lipinski definition) is 6. The molecule has 1 saturated heterocycles. The van der Waals surface area contributed by atoms with Crippen molar-refractivity contribution in [1.29, 1.82) is 0 Å². The summed E-state index contributed by atoms with van der Waals surface area (Å²) in [5.41, 5.74) is 5.70. The van der Waals surface area contributed by atoms with Crippen molar-refractivity contribution in [3.05, 3.63) is 30.3 Å². The number of amides is 2. The number of carbonyl (C=O) groups excluding carboxylic acids is 1. The minimum Gasteiger partial charge on any atom is -0.388 e. The molecule has 0 aliphatic carbocycles. The van der Waals surface area contributed by atoms with E-state index in [2.05, 4.69) is 16.2 Å². The molecule has 1 aromatic carbocycles. The third kappa shape index (κ3) is 3.58. The molecular weight excluding hydrogens is 266 g/mol. The lowest BCUT2D eigenvalue weighted by molar-refractivity contribution is -0.191. The summed E-state index contributed by atoms with van der Waals surface area (Å²) in [5.74, 6) is 0. The average molecular weight is 283 g/mol. The van der Waals surface area contributed by atoms with Gasteiger partial charge in [0.15, 0.2) is 6.23 Å². The maximum absolute atomic E-state index is 11.6. The number of nitrogens with one attached hydrogen (secondary N) is 3. The fraction of sp³-hybridized carbons (Fsp3) is 0.417. The molecule has 20 heavy (non-hydrogen) atoms. The van der Waals surface area contributed by atoms with Crippen molar-refractivity contribution in [3.8, 4) is 0 Å². The van der Waals surface area contributed by atoms with Gasteiger partial charge in [0, 0.05) is 0 Å². The van der Waals surface area contributed by atoms with Gasteiger partial charge >= 0.3 is 6.03 Å². The zero-order chi connectivity index (χ0) is 14.5. The van der Waals surface area contributed by atoms with E-state index < -0.39 is 30.6 Å². The molecule has 0 bridgehead atoms. The molecule has 1 aliphatic rings. The van der Waals surface area contributed by atoms with Crippen LogP contribution in [0, 0.1) is 0 Å². The minimum absolute atomic E-state index is 0.171. The van der Waals surface area contributed by atoms with Gasteiger partial charge in [-0.3, -0.25) is 10.9 Å². The highest BCUT2D eigenvalue weighted by molar-refractivity contribution is 5.75. The van der Waals surface area contributed by atoms with Gasteiger partial charge < -0.3 is 25.4 Å². The van der Waals surface area contributed by atoms with E-state index in [-0.39, 0.29) is 6.61 Å². The van der Waals surface area contributed by atoms with Crippen molar-refractivity contribution in [1.82, 2.24) is 10.7 Å². The number of hydrogen-bond donors (Lipinski definition) is 6. The van der Waals surface area contributed by atoms with Crippen LogP contribution in [0.2, 0.25) is 0 Å². The first-order valence-corrected chi connectivity index (χ1v) is 6.11. The van der Waals surface area contributed by atoms with Crippen LogP contribution in [0.1, 0.15) is 0 Å². The van der Waals surface area contributed by atoms with Crippen molar-refractivity contribution in [2.24, 2.45) is 0 Å². The zero-order valence-corrected chi connectivity index (χ0v) is 10.6. The fourth-order valence-corrected chi connectivity index (χ4v) is 1.75. The highest BCUT2D eigenvalue weighted by Gasteiger charge is 2.38. The molecule has 1 aromatic rings. The molecular formula is C12H17N3O5. The summed E-state index contributed by atoms with van der Waals surface area (Å²) in [6.07, 6.45) is -5.03. The average Bonchev–Trinajstić information content (AvgIpc) is 2.47. The molecule has 1 aliphatic heterocycles. The lowest BCUT2D eigenvalue weighted by Gasteiger charge is -2.35. The van der Waals surface area contributed by atoms with Gasteiger partial charge in [0.2, 0.25) is 0 Å². The van der Waals surface area contributed by atoms with Crippen LogP contribution in [0.4, 0.5) is 10.5 Å². The molecule has 8 nitrogen and oxygen atoms in total. The Bertz CT molecular complexity index is 444. The molecule has 4 atom stereocenters. The predicted octanol–water partition coefficient (Wildman–Crippen LogP) is -1.25. The molecule has 0 spiro atoms. The number of aliphatic hydroxyl groups excluding tert-OH is 3. The topological polar surface area (TPSA) is 123 Å². The molecule has 0 saturated carbocycles. The summed E-state index contributed by atoms with van der Waals surface area (Å²) in [5, 5.41) is 30.7. The first-order valence-electron chi connectivity index (χ1n) is 6.11. The summed E-state index contributed by atoms with van der Waals surface area (Å²) in [7, 11) is 0. The van der Waals surface area contributed by atoms with Crippen LogP contribution in [0.25, 0.3) is 0 Å². The van der Waals surface area contributed by atoms with E-state index in [1.165, 1.54) is 0 Å². The normalized spacial score (nSPS) is 29.6. The van der Waals surface area contributed by atoms with Crippen molar-refractivity contribution in [3.63, 3.8) is 0 Å². The molecule has 2 amide bonds. The number of hydrazine groups is 1. The summed E-state index contributed by atoms with van der Waals surface area (Å²) < 4.78 is 5.04. The molecule has 4 unspecified atom stereocenters. The monoisotopic (exact) mass is 283 g/mol. The summed E-state index contributed by atoms with van der Waals surface area (Å²) in [4.78, 5) is 11.6. The van der Waals surface area contributed by atoms with Crippen LogP contribution in [0.15, 0.2) is 30.3 Å². The van der Waals surface area contributed by atoms with Crippen LogP contribution in [0.3, 0.4) is 0 Å². The second kappa shape index (κ2) is 6.53. The minimum atomic E-state index is -1.40. The molecule has 6 N–H and O–H groups in total. The maximum atomic E-state index is 11.6. The maximum Gasteiger partial charge on any atom is 0.335 e. The second-order valence-electron chi connectivity index (χ2n) is 4.39. The Kier molecular flexibility index (Phi) is 4.74. The number of anilines is 1. The number of aliphatic hydroxyl groups is 3. The van der Waals surface area contributed by atoms with Crippen LogP contribution in [-0.2, 0) is 4.74 Å². The van der Waals surface area contributed by atoms with Gasteiger partial charge in [-0.25, -0.2) is 4.79 Å². The highest BCUT2D eigenvalue weighted by atomic mass is 16.5. The first kappa shape index (κ1) is 14.5. The highest BCUT2D eigenvalue weighted by Crippen LogP contribution is 2.13. The standard InChI is InChI=1S/C12H17N3O5/c16-8-6-20-11(10(18)9(8)17)13-12(19)15-14-7-4-2-1-3-5-7/h1-5,8-11,14,16-18H,6H2,(H2,13,15,19). The van der Waals surface area contributed by atoms with Gasteiger partial charge in [0.25, 0.3) is 0 Å². The van der Waals surface area contributed by atoms with E-state index in [0.29, 0.717) is 5.69 Å². The summed E-state index contributed by atoms with van der Waals surface area (Å²) >= 11 is 0. The first-order chi connectivity index (χ1) is 9.58. The summed E-state index contributed by atoms with van der Waals surface area (Å²) in [6, 6.07) is 8.31. The molecule has 2 rings (SSSR count). The van der Waals surface area contributed by atoms with E-state index in [1.54, 1.807) is 24.3 Å². The van der Waals surface area contributed by atoms with E-state index in [1.807, 2.05) is 6.07 Å². The van der Waals surface area contributed by atoms with Gasteiger partial charge in [-0.1, -0.05) is 18.2 Å². The number of ether oxygens (including phenoxy) is 1. The van der Waals surface area contributed by atoms with Crippen molar-refractivity contribution in [2.45, 2.75) is 24.5 Å². The SMILES string of the molecule is O=C(NNc1ccccc1)NC1OCC(O)C(O)C1O. The third-order valence-corrected chi connectivity index (χ3v) is 2.87. The number of urea groups is 1. The Morgan fingerprint density at radius 1 is 1.15 bits per heavy atom. The number of rotatable bonds is 3. The van der Waals surface area contributed by atoms with Gasteiger partial charge in [0.1, 0.15) is 18.3 Å². The molecule has 0 radical (unpaired) electrons. The lowest BCUT2D eigenvalue weighted by Crippen LogP contribution is -2.60. The number of carbonyl (C=O) groups is 1. The third-order valence-electron chi connectivity index (χ3n) is 2.87. The van der Waals surface area contributed by atoms with E-state index in [0.717, 1.165) is 0 Å². The molecule has 0 aromatic heterocycles. The number of para-hydroxylation sites is 1. The van der Waals surface area contributed by atoms with Gasteiger partial charge in [-0.2, -0.15) is 0 Å². The van der Waals surface area contributed by atoms with Crippen molar-refractivity contribution < 1.29 is 24.9 Å². The van der Waals surface area contributed by atoms with Gasteiger partial charge in [-0.05, 0) is 12.1 Å². The molecule has 8 heteroatoms. The Labute approximate surface area is 115 Å². The lowest BCUT2D eigenvalue weighted by atomic mass is 10.0. The van der Waals surface area contributed by atoms with E-state index >= 15 is 0 Å². The Morgan fingerprint density at radius 2 is 1.85 bits per heavy atom. The van der Waals surface area contributed by atoms with Gasteiger partial charge in [0.05, 0.1) is 12.3 Å². The molecule has 110 valence electrons. The van der Waals surface area contributed by atoms with Crippen molar-refractivity contribution >= 4 is 11.7 Å². The largest absolute Gasteiger partial charge is 0.388 e. The Morgan fingerprint density at radius 3 is 2.55 bits per heavy atom. The van der Waals surface area contributed by atoms with Crippen LogP contribution in [0.5, 0.6) is 0 Å². The summed E-state index contributed by atoms with van der Waals surface area (Å²) in [6.45, 7) is -0.171. The Balaban J connectivity index is 1.80. The molecule has 1 heterocycles. The van der Waals surface area contributed by atoms with Crippen LogP contribution >= 0.6 is 0 Å². The van der Waals surface area contributed by atoms with Gasteiger partial charge in [-0.15, -0.1) is 0 Å². The van der Waals surface area contributed by atoms with Crippen molar-refractivity contribution in [2.75, 3.05) is 12.0 Å². The zero-order valence-electron chi connectivity index (χ0n) is 10.6. The number of benzene rings is 1. The molecule has 1 fully saturated rings. The fourth-order valence-electron chi connectivity index (χ4n) is 1.75. The Hall–Kier alpha value is -1.87. The van der Waals surface area contributed by atoms with Crippen LogP contribution < -0.4 is 16.2 Å². The quantitative estimate of drug-likeness (QED) is 0.385. The van der Waals surface area contributed by atoms with Crippen LogP contribution in [-0.4, -0.2) is 52.5 Å². The second-order valence-corrected chi connectivity index (χ2v) is 4.39. The predicted molar refractivity (Wildman–Crippen MR) is 69.5 cm³/mol.